The Balaban J connectivity index is 2.08. The van der Waals surface area contributed by atoms with Crippen molar-refractivity contribution in [1.29, 1.82) is 0 Å². The van der Waals surface area contributed by atoms with E-state index in [0.29, 0.717) is 11.3 Å². The Morgan fingerprint density at radius 1 is 1.20 bits per heavy atom. The van der Waals surface area contributed by atoms with Gasteiger partial charge in [0.25, 0.3) is 0 Å². The molecule has 0 spiro atoms. The first-order valence-electron chi connectivity index (χ1n) is 6.25. The van der Waals surface area contributed by atoms with Crippen molar-refractivity contribution in [2.75, 3.05) is 0 Å². The second-order valence-electron chi connectivity index (χ2n) is 4.82. The molecule has 0 aliphatic heterocycles. The minimum absolute atomic E-state index is 0.298. The first kappa shape index (κ1) is 13.3. The molecule has 2 nitrogen and oxygen atoms in total. The summed E-state index contributed by atoms with van der Waals surface area (Å²) < 4.78 is 20.1. The summed E-state index contributed by atoms with van der Waals surface area (Å²) in [6.07, 6.45) is 0. The molecule has 0 fully saturated rings. The Kier molecular flexibility index (Phi) is 3.36. The maximum atomic E-state index is 13.3. The molecule has 1 aromatic heterocycles. The summed E-state index contributed by atoms with van der Waals surface area (Å²) in [6.45, 7) is 1.98. The van der Waals surface area contributed by atoms with Gasteiger partial charge in [-0.2, -0.15) is 0 Å². The van der Waals surface area contributed by atoms with Crippen LogP contribution in [0.25, 0.3) is 11.0 Å². The number of halogens is 2. The monoisotopic (exact) mass is 333 g/mol. The van der Waals surface area contributed by atoms with Crippen LogP contribution >= 0.6 is 15.9 Å². The van der Waals surface area contributed by atoms with Crippen LogP contribution in [0, 0.1) is 12.7 Å². The van der Waals surface area contributed by atoms with Crippen LogP contribution in [0.1, 0.15) is 22.9 Å². The molecule has 102 valence electrons. The summed E-state index contributed by atoms with van der Waals surface area (Å²) in [5.41, 5.74) is 8.71. The average Bonchev–Trinajstić information content (AvgIpc) is 2.82. The van der Waals surface area contributed by atoms with Gasteiger partial charge in [0.2, 0.25) is 0 Å². The summed E-state index contributed by atoms with van der Waals surface area (Å²) in [6, 6.07) is 11.7. The minimum atomic E-state index is -0.476. The molecule has 20 heavy (non-hydrogen) atoms. The molecule has 0 aliphatic rings. The van der Waals surface area contributed by atoms with E-state index >= 15 is 0 Å². The second-order valence-corrected chi connectivity index (χ2v) is 5.74. The van der Waals surface area contributed by atoms with E-state index in [2.05, 4.69) is 15.9 Å². The van der Waals surface area contributed by atoms with Gasteiger partial charge in [-0.25, -0.2) is 4.39 Å². The number of aryl methyl sites for hydroxylation is 1. The molecule has 1 heterocycles. The van der Waals surface area contributed by atoms with Gasteiger partial charge in [-0.3, -0.25) is 0 Å². The highest BCUT2D eigenvalue weighted by Crippen LogP contribution is 2.31. The number of benzene rings is 2. The van der Waals surface area contributed by atoms with Gasteiger partial charge in [0.15, 0.2) is 0 Å². The molecule has 2 N–H and O–H groups in total. The second kappa shape index (κ2) is 5.04. The van der Waals surface area contributed by atoms with Crippen molar-refractivity contribution in [3.05, 3.63) is 69.6 Å². The average molecular weight is 334 g/mol. The van der Waals surface area contributed by atoms with E-state index in [1.165, 1.54) is 12.1 Å². The van der Waals surface area contributed by atoms with Gasteiger partial charge >= 0.3 is 0 Å². The lowest BCUT2D eigenvalue weighted by atomic mass is 10.1. The summed E-state index contributed by atoms with van der Waals surface area (Å²) >= 11 is 3.46. The van der Waals surface area contributed by atoms with E-state index in [-0.39, 0.29) is 5.82 Å². The quantitative estimate of drug-likeness (QED) is 0.738. The van der Waals surface area contributed by atoms with Gasteiger partial charge in [0.1, 0.15) is 17.2 Å². The third-order valence-electron chi connectivity index (χ3n) is 3.30. The molecule has 1 atom stereocenters. The zero-order valence-electron chi connectivity index (χ0n) is 10.9. The molecule has 1 unspecified atom stereocenters. The van der Waals surface area contributed by atoms with Crippen LogP contribution in [-0.4, -0.2) is 0 Å². The van der Waals surface area contributed by atoms with Gasteiger partial charge in [0, 0.05) is 9.86 Å². The molecule has 4 heteroatoms. The predicted molar refractivity (Wildman–Crippen MR) is 81.1 cm³/mol. The summed E-state index contributed by atoms with van der Waals surface area (Å²) in [4.78, 5) is 0. The highest BCUT2D eigenvalue weighted by atomic mass is 79.9. The first-order valence-corrected chi connectivity index (χ1v) is 7.04. The topological polar surface area (TPSA) is 39.2 Å². The SMILES string of the molecule is Cc1cc(Br)cc2cc(C(N)c3cccc(F)c3)oc12. The summed E-state index contributed by atoms with van der Waals surface area (Å²) in [5, 5.41) is 0.985. The van der Waals surface area contributed by atoms with E-state index in [4.69, 9.17) is 10.2 Å². The van der Waals surface area contributed by atoms with Gasteiger partial charge in [-0.1, -0.05) is 28.1 Å². The largest absolute Gasteiger partial charge is 0.459 e. The Morgan fingerprint density at radius 3 is 2.75 bits per heavy atom. The third kappa shape index (κ3) is 2.37. The van der Waals surface area contributed by atoms with Crippen LogP contribution in [0.15, 0.2) is 51.4 Å². The van der Waals surface area contributed by atoms with Crippen LogP contribution in [0.3, 0.4) is 0 Å². The molecule has 0 aliphatic carbocycles. The number of hydrogen-bond acceptors (Lipinski definition) is 2. The number of furan rings is 1. The molecule has 0 saturated heterocycles. The van der Waals surface area contributed by atoms with Crippen molar-refractivity contribution in [3.8, 4) is 0 Å². The smallest absolute Gasteiger partial charge is 0.137 e. The lowest BCUT2D eigenvalue weighted by Gasteiger charge is -2.08. The van der Waals surface area contributed by atoms with Crippen LogP contribution in [0.2, 0.25) is 0 Å². The van der Waals surface area contributed by atoms with Crippen molar-refractivity contribution in [3.63, 3.8) is 0 Å². The highest BCUT2D eigenvalue weighted by Gasteiger charge is 2.16. The number of fused-ring (bicyclic) bond motifs is 1. The van der Waals surface area contributed by atoms with E-state index in [1.54, 1.807) is 12.1 Å². The van der Waals surface area contributed by atoms with Gasteiger partial charge in [-0.15, -0.1) is 0 Å². The standard InChI is InChI=1S/C16H13BrFNO/c1-9-5-12(17)6-11-8-14(20-16(9)11)15(19)10-3-2-4-13(18)7-10/h2-8,15H,19H2,1H3. The van der Waals surface area contributed by atoms with E-state index in [9.17, 15) is 4.39 Å². The van der Waals surface area contributed by atoms with Crippen molar-refractivity contribution in [1.82, 2.24) is 0 Å². The molecule has 2 aromatic carbocycles. The Hall–Kier alpha value is -1.65. The molecule has 0 amide bonds. The summed E-state index contributed by atoms with van der Waals surface area (Å²) in [7, 11) is 0. The van der Waals surface area contributed by atoms with Gasteiger partial charge < -0.3 is 10.2 Å². The zero-order valence-corrected chi connectivity index (χ0v) is 12.4. The normalized spacial score (nSPS) is 12.8. The Morgan fingerprint density at radius 2 is 2.00 bits per heavy atom. The maximum absolute atomic E-state index is 13.3. The van der Waals surface area contributed by atoms with Crippen molar-refractivity contribution in [2.24, 2.45) is 5.73 Å². The van der Waals surface area contributed by atoms with Crippen molar-refractivity contribution in [2.45, 2.75) is 13.0 Å². The predicted octanol–water partition coefficient (Wildman–Crippen LogP) is 4.69. The summed E-state index contributed by atoms with van der Waals surface area (Å²) in [5.74, 6) is 0.333. The lowest BCUT2D eigenvalue weighted by molar-refractivity contribution is 0.522. The number of hydrogen-bond donors (Lipinski definition) is 1. The molecular formula is C16H13BrFNO. The fourth-order valence-electron chi connectivity index (χ4n) is 2.32. The number of nitrogens with two attached hydrogens (primary N) is 1. The van der Waals surface area contributed by atoms with Crippen LogP contribution < -0.4 is 5.73 Å². The molecular weight excluding hydrogens is 321 g/mol. The third-order valence-corrected chi connectivity index (χ3v) is 3.76. The van der Waals surface area contributed by atoms with Gasteiger partial charge in [0.05, 0.1) is 6.04 Å². The Labute approximate surface area is 124 Å². The van der Waals surface area contributed by atoms with Gasteiger partial charge in [-0.05, 0) is 48.4 Å². The van der Waals surface area contributed by atoms with Crippen molar-refractivity contribution >= 4 is 26.9 Å². The molecule has 0 radical (unpaired) electrons. The molecule has 3 aromatic rings. The van der Waals surface area contributed by atoms with E-state index in [0.717, 1.165) is 21.0 Å². The van der Waals surface area contributed by atoms with E-state index in [1.807, 2.05) is 25.1 Å². The molecule has 0 saturated carbocycles. The fraction of sp³-hybridized carbons (Fsp3) is 0.125. The molecule has 0 bridgehead atoms. The van der Waals surface area contributed by atoms with E-state index < -0.39 is 6.04 Å². The van der Waals surface area contributed by atoms with Crippen LogP contribution in [0.5, 0.6) is 0 Å². The van der Waals surface area contributed by atoms with Crippen LogP contribution in [-0.2, 0) is 0 Å². The maximum Gasteiger partial charge on any atom is 0.137 e. The van der Waals surface area contributed by atoms with Crippen LogP contribution in [0.4, 0.5) is 4.39 Å². The fourth-order valence-corrected chi connectivity index (χ4v) is 2.91. The molecule has 3 rings (SSSR count). The zero-order chi connectivity index (χ0) is 14.3. The highest BCUT2D eigenvalue weighted by molar-refractivity contribution is 9.10. The minimum Gasteiger partial charge on any atom is -0.459 e. The van der Waals surface area contributed by atoms with Crippen molar-refractivity contribution < 1.29 is 8.81 Å². The Bertz CT molecular complexity index is 781. The number of rotatable bonds is 2. The lowest BCUT2D eigenvalue weighted by Crippen LogP contribution is -2.10. The first-order chi connectivity index (χ1) is 9.54.